The van der Waals surface area contributed by atoms with E-state index < -0.39 is 5.92 Å². The van der Waals surface area contributed by atoms with Crippen LogP contribution >= 0.6 is 0 Å². The molecule has 190 valence electrons. The molecule has 4 aromatic rings. The molecule has 0 aliphatic carbocycles. The highest BCUT2D eigenvalue weighted by molar-refractivity contribution is 5.92. The summed E-state index contributed by atoms with van der Waals surface area (Å²) in [5.41, 5.74) is 4.06. The lowest BCUT2D eigenvalue weighted by Crippen LogP contribution is -2.23. The molecule has 0 saturated heterocycles. The highest BCUT2D eigenvalue weighted by Gasteiger charge is 2.28. The molecule has 4 rings (SSSR count). The normalized spacial score (nSPS) is 12.1. The second-order valence-electron chi connectivity index (χ2n) is 8.98. The van der Waals surface area contributed by atoms with Gasteiger partial charge in [0.15, 0.2) is 5.82 Å². The maximum absolute atomic E-state index is 13.8. The van der Waals surface area contributed by atoms with Crippen LogP contribution in [-0.4, -0.2) is 22.9 Å². The van der Waals surface area contributed by atoms with Gasteiger partial charge in [-0.05, 0) is 30.2 Å². The third-order valence-corrected chi connectivity index (χ3v) is 6.50. The van der Waals surface area contributed by atoms with E-state index in [4.69, 9.17) is 0 Å². The van der Waals surface area contributed by atoms with Crippen LogP contribution in [0.5, 0.6) is 0 Å². The molecule has 5 nitrogen and oxygen atoms in total. The number of carbonyl (C=O) groups excluding carboxylic acids is 1. The number of halogens is 2. The van der Waals surface area contributed by atoms with Crippen molar-refractivity contribution in [3.05, 3.63) is 108 Å². The third-order valence-electron chi connectivity index (χ3n) is 6.50. The largest absolute Gasteiger partial charge is 0.351 e. The number of hydrogen-bond donors (Lipinski definition) is 1. The van der Waals surface area contributed by atoms with Crippen LogP contribution in [0.15, 0.2) is 91.3 Å². The van der Waals surface area contributed by atoms with E-state index in [1.54, 1.807) is 24.5 Å². The summed E-state index contributed by atoms with van der Waals surface area (Å²) in [6.07, 6.45) is 3.17. The van der Waals surface area contributed by atoms with E-state index in [9.17, 15) is 13.6 Å². The fourth-order valence-electron chi connectivity index (χ4n) is 4.10. The second-order valence-corrected chi connectivity index (χ2v) is 8.98. The molecular formula is C30H30F2N4O. The Morgan fingerprint density at radius 3 is 2.24 bits per heavy atom. The van der Waals surface area contributed by atoms with Crippen LogP contribution < -0.4 is 10.2 Å². The van der Waals surface area contributed by atoms with Crippen molar-refractivity contribution in [2.24, 2.45) is 0 Å². The minimum Gasteiger partial charge on any atom is -0.351 e. The minimum absolute atomic E-state index is 0.0399. The van der Waals surface area contributed by atoms with Crippen molar-refractivity contribution in [1.29, 1.82) is 0 Å². The summed E-state index contributed by atoms with van der Waals surface area (Å²) < 4.78 is 27.6. The van der Waals surface area contributed by atoms with E-state index >= 15 is 0 Å². The monoisotopic (exact) mass is 500 g/mol. The first-order valence-corrected chi connectivity index (χ1v) is 12.2. The average molecular weight is 501 g/mol. The Kier molecular flexibility index (Phi) is 7.92. The van der Waals surface area contributed by atoms with Crippen molar-refractivity contribution in [2.75, 3.05) is 17.3 Å². The van der Waals surface area contributed by atoms with Gasteiger partial charge in [0, 0.05) is 42.7 Å². The Morgan fingerprint density at radius 1 is 0.946 bits per heavy atom. The van der Waals surface area contributed by atoms with Crippen LogP contribution in [0.3, 0.4) is 0 Å². The minimum atomic E-state index is -2.86. The lowest BCUT2D eigenvalue weighted by atomic mass is 10.0. The molecule has 0 spiro atoms. The molecule has 0 bridgehead atoms. The Hall–Kier alpha value is -4.13. The molecule has 0 aliphatic rings. The number of hydrogen-bond acceptors (Lipinski definition) is 4. The zero-order valence-electron chi connectivity index (χ0n) is 21.2. The van der Waals surface area contributed by atoms with Gasteiger partial charge < -0.3 is 10.2 Å². The average Bonchev–Trinajstić information content (AvgIpc) is 2.93. The number of nitrogens with one attached hydrogen (secondary N) is 1. The SMILES string of the molecule is CCC(F)(F)c1ccc(CC(=O)Nc2ccc(-c3nccnc3N(C)C(C)c3ccccc3)cc2)cc1. The number of benzene rings is 3. The standard InChI is InChI=1S/C30H30F2N4O/c1-4-30(31,32)25-14-10-22(11-15-25)20-27(37)35-26-16-12-24(13-17-26)28-29(34-19-18-33-28)36(3)21(2)23-8-6-5-7-9-23/h5-19,21H,4,20H2,1-3H3,(H,35,37). The topological polar surface area (TPSA) is 58.1 Å². The van der Waals surface area contributed by atoms with Gasteiger partial charge in [0.2, 0.25) is 5.91 Å². The molecule has 3 aromatic carbocycles. The van der Waals surface area contributed by atoms with Crippen molar-refractivity contribution < 1.29 is 13.6 Å². The summed E-state index contributed by atoms with van der Waals surface area (Å²) >= 11 is 0. The van der Waals surface area contributed by atoms with Gasteiger partial charge in [0.05, 0.1) is 12.5 Å². The fraction of sp³-hybridized carbons (Fsp3) is 0.233. The number of aromatic nitrogens is 2. The fourth-order valence-corrected chi connectivity index (χ4v) is 4.10. The molecule has 1 N–H and O–H groups in total. The van der Waals surface area contributed by atoms with Crippen molar-refractivity contribution in [3.63, 3.8) is 0 Å². The molecular weight excluding hydrogens is 470 g/mol. The quantitative estimate of drug-likeness (QED) is 0.268. The van der Waals surface area contributed by atoms with E-state index in [1.807, 2.05) is 49.5 Å². The number of anilines is 2. The Bertz CT molecular complexity index is 1330. The van der Waals surface area contributed by atoms with Crippen LogP contribution in [-0.2, 0) is 17.1 Å². The molecule has 1 amide bonds. The van der Waals surface area contributed by atoms with Gasteiger partial charge in [-0.3, -0.25) is 9.78 Å². The predicted octanol–water partition coefficient (Wildman–Crippen LogP) is 7.02. The summed E-state index contributed by atoms with van der Waals surface area (Å²) in [5, 5.41) is 2.87. The van der Waals surface area contributed by atoms with Crippen LogP contribution in [0.1, 0.15) is 43.0 Å². The first-order chi connectivity index (χ1) is 17.8. The van der Waals surface area contributed by atoms with Gasteiger partial charge >= 0.3 is 0 Å². The molecule has 0 saturated carbocycles. The molecule has 0 aliphatic heterocycles. The third kappa shape index (κ3) is 6.17. The number of amides is 1. The van der Waals surface area contributed by atoms with E-state index in [2.05, 4.69) is 39.2 Å². The van der Waals surface area contributed by atoms with E-state index in [-0.39, 0.29) is 30.4 Å². The molecule has 37 heavy (non-hydrogen) atoms. The molecule has 1 unspecified atom stereocenters. The summed E-state index contributed by atoms with van der Waals surface area (Å²) in [7, 11) is 2.00. The van der Waals surface area contributed by atoms with E-state index in [1.165, 1.54) is 24.6 Å². The zero-order chi connectivity index (χ0) is 26.4. The van der Waals surface area contributed by atoms with Gasteiger partial charge in [0.1, 0.15) is 5.69 Å². The van der Waals surface area contributed by atoms with Crippen molar-refractivity contribution in [3.8, 4) is 11.3 Å². The van der Waals surface area contributed by atoms with Crippen molar-refractivity contribution in [1.82, 2.24) is 9.97 Å². The van der Waals surface area contributed by atoms with Crippen LogP contribution in [0, 0.1) is 0 Å². The first-order valence-electron chi connectivity index (χ1n) is 12.2. The van der Waals surface area contributed by atoms with Crippen LogP contribution in [0.4, 0.5) is 20.3 Å². The van der Waals surface area contributed by atoms with E-state index in [0.29, 0.717) is 11.3 Å². The summed E-state index contributed by atoms with van der Waals surface area (Å²) in [5.74, 6) is -2.33. The highest BCUT2D eigenvalue weighted by atomic mass is 19.3. The zero-order valence-corrected chi connectivity index (χ0v) is 21.2. The highest BCUT2D eigenvalue weighted by Crippen LogP contribution is 2.32. The van der Waals surface area contributed by atoms with Crippen LogP contribution in [0.25, 0.3) is 11.3 Å². The van der Waals surface area contributed by atoms with Gasteiger partial charge in [0.25, 0.3) is 5.92 Å². The van der Waals surface area contributed by atoms with Crippen LogP contribution in [0.2, 0.25) is 0 Å². The predicted molar refractivity (Wildman–Crippen MR) is 144 cm³/mol. The molecule has 7 heteroatoms. The maximum atomic E-state index is 13.8. The van der Waals surface area contributed by atoms with Crippen molar-refractivity contribution >= 4 is 17.4 Å². The van der Waals surface area contributed by atoms with Gasteiger partial charge in [-0.25, -0.2) is 13.8 Å². The first kappa shape index (κ1) is 25.9. The Labute approximate surface area is 216 Å². The Balaban J connectivity index is 1.44. The lowest BCUT2D eigenvalue weighted by Gasteiger charge is -2.27. The molecule has 0 fully saturated rings. The maximum Gasteiger partial charge on any atom is 0.273 e. The number of nitrogens with zero attached hydrogens (tertiary/aromatic N) is 3. The summed E-state index contributed by atoms with van der Waals surface area (Å²) in [6.45, 7) is 3.57. The number of carbonyl (C=O) groups is 1. The molecule has 0 radical (unpaired) electrons. The number of rotatable bonds is 9. The van der Waals surface area contributed by atoms with Gasteiger partial charge in [-0.2, -0.15) is 0 Å². The lowest BCUT2D eigenvalue weighted by molar-refractivity contribution is -0.115. The Morgan fingerprint density at radius 2 is 1.59 bits per heavy atom. The number of alkyl halides is 2. The van der Waals surface area contributed by atoms with E-state index in [0.717, 1.165) is 17.1 Å². The van der Waals surface area contributed by atoms with Gasteiger partial charge in [-0.1, -0.05) is 73.7 Å². The molecule has 1 atom stereocenters. The van der Waals surface area contributed by atoms with Gasteiger partial charge in [-0.15, -0.1) is 0 Å². The second kappa shape index (κ2) is 11.3. The molecule has 1 heterocycles. The summed E-state index contributed by atoms with van der Waals surface area (Å²) in [6, 6.07) is 23.6. The van der Waals surface area contributed by atoms with Crippen molar-refractivity contribution in [2.45, 2.75) is 38.7 Å². The summed E-state index contributed by atoms with van der Waals surface area (Å²) in [4.78, 5) is 23.8. The molecule has 1 aromatic heterocycles. The smallest absolute Gasteiger partial charge is 0.273 e.